The molecule has 0 fully saturated rings. The Morgan fingerprint density at radius 2 is 1.73 bits per heavy atom. The first-order chi connectivity index (χ1) is 10.4. The summed E-state index contributed by atoms with van der Waals surface area (Å²) in [5.74, 6) is -0.184. The fraction of sp³-hybridized carbons (Fsp3) is 0.176. The molecule has 22 heavy (non-hydrogen) atoms. The quantitative estimate of drug-likeness (QED) is 0.785. The van der Waals surface area contributed by atoms with Gasteiger partial charge in [0.2, 0.25) is 5.91 Å². The SMILES string of the molecule is CC(=O)N(C)c1ccc(NC(=O)c2ccc(C)c(I)c2)cc1. The van der Waals surface area contributed by atoms with Gasteiger partial charge in [-0.1, -0.05) is 6.07 Å². The summed E-state index contributed by atoms with van der Waals surface area (Å²) in [4.78, 5) is 25.1. The van der Waals surface area contributed by atoms with Crippen molar-refractivity contribution in [1.29, 1.82) is 0 Å². The molecular weight excluding hydrogens is 391 g/mol. The van der Waals surface area contributed by atoms with Gasteiger partial charge in [0.25, 0.3) is 5.91 Å². The van der Waals surface area contributed by atoms with Crippen LogP contribution in [0, 0.1) is 10.5 Å². The van der Waals surface area contributed by atoms with Crippen LogP contribution in [0.5, 0.6) is 0 Å². The molecule has 0 saturated heterocycles. The highest BCUT2D eigenvalue weighted by molar-refractivity contribution is 14.1. The highest BCUT2D eigenvalue weighted by Gasteiger charge is 2.09. The van der Waals surface area contributed by atoms with Crippen molar-refractivity contribution >= 4 is 45.8 Å². The molecule has 2 rings (SSSR count). The summed E-state index contributed by atoms with van der Waals surface area (Å²) in [5.41, 5.74) is 3.25. The van der Waals surface area contributed by atoms with Crippen LogP contribution >= 0.6 is 22.6 Å². The molecule has 0 atom stereocenters. The molecule has 114 valence electrons. The van der Waals surface area contributed by atoms with Crippen molar-refractivity contribution in [3.05, 3.63) is 57.2 Å². The number of anilines is 2. The monoisotopic (exact) mass is 408 g/mol. The molecule has 0 radical (unpaired) electrons. The normalized spacial score (nSPS) is 10.2. The Bertz CT molecular complexity index is 711. The summed E-state index contributed by atoms with van der Waals surface area (Å²) >= 11 is 2.21. The third-order valence-electron chi connectivity index (χ3n) is 3.42. The molecule has 0 aromatic heterocycles. The molecule has 2 aromatic rings. The smallest absolute Gasteiger partial charge is 0.255 e. The predicted molar refractivity (Wildman–Crippen MR) is 97.4 cm³/mol. The van der Waals surface area contributed by atoms with Gasteiger partial charge in [-0.3, -0.25) is 9.59 Å². The number of aryl methyl sites for hydroxylation is 1. The number of hydrogen-bond donors (Lipinski definition) is 1. The van der Waals surface area contributed by atoms with Crippen molar-refractivity contribution < 1.29 is 9.59 Å². The van der Waals surface area contributed by atoms with Gasteiger partial charge in [-0.25, -0.2) is 0 Å². The molecule has 2 amide bonds. The predicted octanol–water partition coefficient (Wildman–Crippen LogP) is 3.83. The van der Waals surface area contributed by atoms with Gasteiger partial charge >= 0.3 is 0 Å². The van der Waals surface area contributed by atoms with E-state index >= 15 is 0 Å². The number of rotatable bonds is 3. The number of hydrogen-bond acceptors (Lipinski definition) is 2. The van der Waals surface area contributed by atoms with Gasteiger partial charge in [-0.05, 0) is 71.5 Å². The average molecular weight is 408 g/mol. The molecule has 4 nitrogen and oxygen atoms in total. The number of benzene rings is 2. The summed E-state index contributed by atoms with van der Waals surface area (Å²) in [6.07, 6.45) is 0. The van der Waals surface area contributed by atoms with Crippen LogP contribution < -0.4 is 10.2 Å². The van der Waals surface area contributed by atoms with Gasteiger partial charge in [0.05, 0.1) is 0 Å². The van der Waals surface area contributed by atoms with Crippen LogP contribution in [0.3, 0.4) is 0 Å². The maximum Gasteiger partial charge on any atom is 0.255 e. The first-order valence-electron chi connectivity index (χ1n) is 6.80. The number of halogens is 1. The second kappa shape index (κ2) is 6.91. The molecule has 0 unspecified atom stereocenters. The van der Waals surface area contributed by atoms with E-state index in [2.05, 4.69) is 27.9 Å². The first-order valence-corrected chi connectivity index (χ1v) is 7.88. The van der Waals surface area contributed by atoms with Gasteiger partial charge in [-0.15, -0.1) is 0 Å². The summed E-state index contributed by atoms with van der Waals surface area (Å²) < 4.78 is 1.06. The number of nitrogens with zero attached hydrogens (tertiary/aromatic N) is 1. The van der Waals surface area contributed by atoms with Crippen LogP contribution in [-0.4, -0.2) is 18.9 Å². The van der Waals surface area contributed by atoms with Gasteiger partial charge < -0.3 is 10.2 Å². The second-order valence-corrected chi connectivity index (χ2v) is 6.21. The highest BCUT2D eigenvalue weighted by Crippen LogP contribution is 2.19. The zero-order valence-corrected chi connectivity index (χ0v) is 14.8. The minimum absolute atomic E-state index is 0.0361. The van der Waals surface area contributed by atoms with Crippen LogP contribution in [0.2, 0.25) is 0 Å². The number of amides is 2. The van der Waals surface area contributed by atoms with Crippen molar-refractivity contribution in [2.45, 2.75) is 13.8 Å². The van der Waals surface area contributed by atoms with Crippen molar-refractivity contribution in [2.75, 3.05) is 17.3 Å². The fourth-order valence-corrected chi connectivity index (χ4v) is 2.40. The average Bonchev–Trinajstić information content (AvgIpc) is 2.50. The molecule has 0 bridgehead atoms. The molecule has 5 heteroatoms. The standard InChI is InChI=1S/C17H17IN2O2/c1-11-4-5-13(10-16(11)18)17(22)19-14-6-8-15(9-7-14)20(3)12(2)21/h4-10H,1-3H3,(H,19,22). The van der Waals surface area contributed by atoms with Crippen molar-refractivity contribution in [1.82, 2.24) is 0 Å². The van der Waals surface area contributed by atoms with Gasteiger partial charge in [0.15, 0.2) is 0 Å². The van der Waals surface area contributed by atoms with Crippen molar-refractivity contribution in [3.8, 4) is 0 Å². The van der Waals surface area contributed by atoms with Crippen LogP contribution in [0.4, 0.5) is 11.4 Å². The Labute approximate surface area is 143 Å². The van der Waals surface area contributed by atoms with Crippen LogP contribution in [0.1, 0.15) is 22.8 Å². The Morgan fingerprint density at radius 1 is 1.09 bits per heavy atom. The zero-order chi connectivity index (χ0) is 16.3. The lowest BCUT2D eigenvalue weighted by Gasteiger charge is -2.15. The molecule has 0 aliphatic carbocycles. The number of carbonyl (C=O) groups excluding carboxylic acids is 2. The molecule has 0 saturated carbocycles. The van der Waals surface area contributed by atoms with E-state index in [0.717, 1.165) is 14.8 Å². The topological polar surface area (TPSA) is 49.4 Å². The maximum atomic E-state index is 12.2. The summed E-state index contributed by atoms with van der Waals surface area (Å²) in [6.45, 7) is 3.52. The lowest BCUT2D eigenvalue weighted by Crippen LogP contribution is -2.22. The Morgan fingerprint density at radius 3 is 2.27 bits per heavy atom. The third kappa shape index (κ3) is 3.85. The highest BCUT2D eigenvalue weighted by atomic mass is 127. The Balaban J connectivity index is 2.11. The van der Waals surface area contributed by atoms with Gasteiger partial charge in [0.1, 0.15) is 0 Å². The van der Waals surface area contributed by atoms with Crippen molar-refractivity contribution in [2.24, 2.45) is 0 Å². The zero-order valence-electron chi connectivity index (χ0n) is 12.7. The van der Waals surface area contributed by atoms with E-state index in [4.69, 9.17) is 0 Å². The second-order valence-electron chi connectivity index (χ2n) is 5.04. The van der Waals surface area contributed by atoms with E-state index in [1.54, 1.807) is 36.2 Å². The minimum atomic E-state index is -0.148. The fourth-order valence-electron chi connectivity index (χ4n) is 1.89. The maximum absolute atomic E-state index is 12.2. The molecule has 0 spiro atoms. The van der Waals surface area contributed by atoms with Crippen LogP contribution in [-0.2, 0) is 4.79 Å². The minimum Gasteiger partial charge on any atom is -0.322 e. The lowest BCUT2D eigenvalue weighted by molar-refractivity contribution is -0.116. The molecule has 1 N–H and O–H groups in total. The number of nitrogens with one attached hydrogen (secondary N) is 1. The molecule has 0 aliphatic rings. The molecule has 0 heterocycles. The molecule has 0 aliphatic heterocycles. The third-order valence-corrected chi connectivity index (χ3v) is 4.58. The Kier molecular flexibility index (Phi) is 5.18. The molecule has 2 aromatic carbocycles. The van der Waals surface area contributed by atoms with Gasteiger partial charge in [-0.2, -0.15) is 0 Å². The van der Waals surface area contributed by atoms with E-state index in [9.17, 15) is 9.59 Å². The Hall–Kier alpha value is -1.89. The summed E-state index contributed by atoms with van der Waals surface area (Å²) in [6, 6.07) is 12.8. The largest absolute Gasteiger partial charge is 0.322 e. The van der Waals surface area contributed by atoms with E-state index in [1.165, 1.54) is 6.92 Å². The van der Waals surface area contributed by atoms with Gasteiger partial charge in [0, 0.05) is 34.5 Å². The summed E-state index contributed by atoms with van der Waals surface area (Å²) in [7, 11) is 1.71. The first kappa shape index (κ1) is 16.5. The summed E-state index contributed by atoms with van der Waals surface area (Å²) in [5, 5.41) is 2.85. The van der Waals surface area contributed by atoms with Crippen LogP contribution in [0.15, 0.2) is 42.5 Å². The van der Waals surface area contributed by atoms with E-state index in [1.807, 2.05) is 25.1 Å². The molecular formula is C17H17IN2O2. The van der Waals surface area contributed by atoms with E-state index in [-0.39, 0.29) is 11.8 Å². The lowest BCUT2D eigenvalue weighted by atomic mass is 10.1. The van der Waals surface area contributed by atoms with Crippen LogP contribution in [0.25, 0.3) is 0 Å². The van der Waals surface area contributed by atoms with E-state index in [0.29, 0.717) is 11.3 Å². The van der Waals surface area contributed by atoms with E-state index < -0.39 is 0 Å². The number of carbonyl (C=O) groups is 2. The van der Waals surface area contributed by atoms with Crippen molar-refractivity contribution in [3.63, 3.8) is 0 Å².